The highest BCUT2D eigenvalue weighted by molar-refractivity contribution is 14.0. The SMILES string of the molecule is CCOC(=O)N1CCC(NC(N)=NCc2ccccc2-n2ccc(C)n2)CC1.I. The van der Waals surface area contributed by atoms with E-state index in [-0.39, 0.29) is 36.1 Å². The number of carbonyl (C=O) groups excluding carboxylic acids is 1. The fourth-order valence-electron chi connectivity index (χ4n) is 3.26. The number of nitrogens with zero attached hydrogens (tertiary/aromatic N) is 4. The van der Waals surface area contributed by atoms with Crippen molar-refractivity contribution in [2.24, 2.45) is 10.7 Å². The maximum Gasteiger partial charge on any atom is 0.409 e. The highest BCUT2D eigenvalue weighted by Crippen LogP contribution is 2.15. The number of likely N-dealkylation sites (tertiary alicyclic amines) is 1. The molecule has 1 aliphatic rings. The maximum absolute atomic E-state index is 11.8. The van der Waals surface area contributed by atoms with Gasteiger partial charge in [0.15, 0.2) is 5.96 Å². The third-order valence-corrected chi connectivity index (χ3v) is 4.75. The molecule has 0 bridgehead atoms. The van der Waals surface area contributed by atoms with Crippen LogP contribution in [0.25, 0.3) is 5.69 Å². The summed E-state index contributed by atoms with van der Waals surface area (Å²) in [7, 11) is 0. The van der Waals surface area contributed by atoms with Crippen LogP contribution in [0.5, 0.6) is 0 Å². The van der Waals surface area contributed by atoms with E-state index in [2.05, 4.69) is 15.4 Å². The van der Waals surface area contributed by atoms with Gasteiger partial charge in [0.05, 0.1) is 24.5 Å². The third kappa shape index (κ3) is 6.34. The van der Waals surface area contributed by atoms with E-state index in [0.29, 0.717) is 32.2 Å². The minimum absolute atomic E-state index is 0. The van der Waals surface area contributed by atoms with Gasteiger partial charge in [-0.3, -0.25) is 0 Å². The molecule has 29 heavy (non-hydrogen) atoms. The number of piperidine rings is 1. The number of benzene rings is 1. The molecular weight excluding hydrogens is 483 g/mol. The number of aryl methyl sites for hydroxylation is 1. The Hall–Kier alpha value is -2.30. The predicted octanol–water partition coefficient (Wildman–Crippen LogP) is 2.82. The second kappa shape index (κ2) is 11.0. The van der Waals surface area contributed by atoms with Crippen LogP contribution < -0.4 is 11.1 Å². The summed E-state index contributed by atoms with van der Waals surface area (Å²) in [6.07, 6.45) is 3.33. The van der Waals surface area contributed by atoms with E-state index < -0.39 is 0 Å². The second-order valence-electron chi connectivity index (χ2n) is 6.84. The number of para-hydroxylation sites is 1. The van der Waals surface area contributed by atoms with Gasteiger partial charge in [-0.1, -0.05) is 18.2 Å². The molecule has 8 nitrogen and oxygen atoms in total. The zero-order valence-corrected chi connectivity index (χ0v) is 19.2. The summed E-state index contributed by atoms with van der Waals surface area (Å²) in [5.41, 5.74) is 9.11. The van der Waals surface area contributed by atoms with E-state index in [0.717, 1.165) is 29.8 Å². The molecule has 2 heterocycles. The van der Waals surface area contributed by atoms with E-state index in [1.807, 2.05) is 55.1 Å². The predicted molar refractivity (Wildman–Crippen MR) is 124 cm³/mol. The van der Waals surface area contributed by atoms with E-state index in [1.165, 1.54) is 0 Å². The second-order valence-corrected chi connectivity index (χ2v) is 6.84. The Labute approximate surface area is 188 Å². The largest absolute Gasteiger partial charge is 0.450 e. The first-order valence-corrected chi connectivity index (χ1v) is 9.65. The van der Waals surface area contributed by atoms with Crippen LogP contribution in [-0.2, 0) is 11.3 Å². The van der Waals surface area contributed by atoms with Crippen LogP contribution in [0.3, 0.4) is 0 Å². The van der Waals surface area contributed by atoms with Gasteiger partial charge in [0.25, 0.3) is 0 Å². The average Bonchev–Trinajstić information content (AvgIpc) is 3.13. The molecule has 3 rings (SSSR count). The number of hydrogen-bond acceptors (Lipinski definition) is 4. The van der Waals surface area contributed by atoms with Crippen LogP contribution in [-0.4, -0.2) is 52.5 Å². The first-order chi connectivity index (χ1) is 13.6. The minimum atomic E-state index is -0.243. The summed E-state index contributed by atoms with van der Waals surface area (Å²) < 4.78 is 6.90. The number of ether oxygens (including phenoxy) is 1. The van der Waals surface area contributed by atoms with E-state index in [1.54, 1.807) is 4.90 Å². The van der Waals surface area contributed by atoms with E-state index in [4.69, 9.17) is 10.5 Å². The van der Waals surface area contributed by atoms with Crippen molar-refractivity contribution in [3.05, 3.63) is 47.8 Å². The number of amides is 1. The Morgan fingerprint density at radius 1 is 1.31 bits per heavy atom. The number of guanidine groups is 1. The van der Waals surface area contributed by atoms with Crippen LogP contribution in [0.1, 0.15) is 31.0 Å². The number of halogens is 1. The molecule has 2 aromatic rings. The van der Waals surface area contributed by atoms with Gasteiger partial charge in [-0.25, -0.2) is 14.5 Å². The summed E-state index contributed by atoms with van der Waals surface area (Å²) in [5.74, 6) is 0.418. The van der Waals surface area contributed by atoms with Gasteiger partial charge in [-0.15, -0.1) is 24.0 Å². The Morgan fingerprint density at radius 2 is 2.03 bits per heavy atom. The van der Waals surface area contributed by atoms with Crippen molar-refractivity contribution < 1.29 is 9.53 Å². The van der Waals surface area contributed by atoms with Crippen LogP contribution in [0.15, 0.2) is 41.5 Å². The lowest BCUT2D eigenvalue weighted by Crippen LogP contribution is -2.48. The van der Waals surface area contributed by atoms with Crippen LogP contribution in [0.2, 0.25) is 0 Å². The average molecular weight is 512 g/mol. The summed E-state index contributed by atoms with van der Waals surface area (Å²) in [6.45, 7) is 5.96. The van der Waals surface area contributed by atoms with E-state index >= 15 is 0 Å². The summed E-state index contributed by atoms with van der Waals surface area (Å²) in [5, 5.41) is 7.75. The number of nitrogens with two attached hydrogens (primary N) is 1. The first kappa shape index (κ1) is 23.0. The molecule has 1 fully saturated rings. The van der Waals surface area contributed by atoms with Crippen molar-refractivity contribution >= 4 is 36.0 Å². The van der Waals surface area contributed by atoms with Crippen LogP contribution in [0, 0.1) is 6.92 Å². The zero-order valence-electron chi connectivity index (χ0n) is 16.9. The lowest BCUT2D eigenvalue weighted by molar-refractivity contribution is 0.0963. The summed E-state index contributed by atoms with van der Waals surface area (Å²) in [6, 6.07) is 10.2. The molecule has 158 valence electrons. The van der Waals surface area contributed by atoms with Crippen molar-refractivity contribution in [3.8, 4) is 5.69 Å². The quantitative estimate of drug-likeness (QED) is 0.365. The summed E-state index contributed by atoms with van der Waals surface area (Å²) >= 11 is 0. The molecule has 0 spiro atoms. The molecule has 0 saturated carbocycles. The van der Waals surface area contributed by atoms with Crippen molar-refractivity contribution in [1.82, 2.24) is 20.0 Å². The van der Waals surface area contributed by atoms with Crippen LogP contribution in [0.4, 0.5) is 4.79 Å². The van der Waals surface area contributed by atoms with Gasteiger partial charge in [0.2, 0.25) is 0 Å². The molecule has 1 aromatic heterocycles. The van der Waals surface area contributed by atoms with Gasteiger partial charge in [0.1, 0.15) is 0 Å². The number of carbonyl (C=O) groups is 1. The van der Waals surface area contributed by atoms with Gasteiger partial charge in [0, 0.05) is 25.3 Å². The Morgan fingerprint density at radius 3 is 2.69 bits per heavy atom. The molecule has 1 saturated heterocycles. The van der Waals surface area contributed by atoms with Gasteiger partial charge in [-0.05, 0) is 44.4 Å². The monoisotopic (exact) mass is 512 g/mol. The van der Waals surface area contributed by atoms with E-state index in [9.17, 15) is 4.79 Å². The normalized spacial score (nSPS) is 15.0. The minimum Gasteiger partial charge on any atom is -0.450 e. The molecule has 0 aliphatic carbocycles. The lowest BCUT2D eigenvalue weighted by atomic mass is 10.1. The lowest BCUT2D eigenvalue weighted by Gasteiger charge is -2.31. The fourth-order valence-corrected chi connectivity index (χ4v) is 3.26. The molecule has 1 aromatic carbocycles. The number of nitrogens with one attached hydrogen (secondary N) is 1. The third-order valence-electron chi connectivity index (χ3n) is 4.75. The molecule has 9 heteroatoms. The number of hydrogen-bond donors (Lipinski definition) is 2. The highest BCUT2D eigenvalue weighted by atomic mass is 127. The summed E-state index contributed by atoms with van der Waals surface area (Å²) in [4.78, 5) is 18.0. The Bertz CT molecular complexity index is 830. The highest BCUT2D eigenvalue weighted by Gasteiger charge is 2.23. The van der Waals surface area contributed by atoms with Crippen LogP contribution >= 0.6 is 24.0 Å². The standard InChI is InChI=1S/C20H28N6O2.HI/c1-3-28-20(27)25-11-9-17(10-12-25)23-19(21)22-14-16-6-4-5-7-18(16)26-13-8-15(2)24-26;/h4-8,13,17H,3,9-12,14H2,1-2H3,(H3,21,22,23);1H. The number of aliphatic imine (C=N–C) groups is 1. The van der Waals surface area contributed by atoms with Crippen molar-refractivity contribution in [2.45, 2.75) is 39.3 Å². The van der Waals surface area contributed by atoms with Gasteiger partial charge < -0.3 is 20.7 Å². The number of rotatable bonds is 5. The fraction of sp³-hybridized carbons (Fsp3) is 0.450. The van der Waals surface area contributed by atoms with Crippen molar-refractivity contribution in [3.63, 3.8) is 0 Å². The Kier molecular flexibility index (Phi) is 8.74. The number of aromatic nitrogens is 2. The molecular formula is C20H29IN6O2. The topological polar surface area (TPSA) is 97.8 Å². The smallest absolute Gasteiger partial charge is 0.409 e. The molecule has 0 radical (unpaired) electrons. The molecule has 0 unspecified atom stereocenters. The molecule has 3 N–H and O–H groups in total. The first-order valence-electron chi connectivity index (χ1n) is 9.65. The molecule has 0 atom stereocenters. The maximum atomic E-state index is 11.8. The van der Waals surface area contributed by atoms with Gasteiger partial charge >= 0.3 is 6.09 Å². The van der Waals surface area contributed by atoms with Gasteiger partial charge in [-0.2, -0.15) is 5.10 Å². The molecule has 1 amide bonds. The van der Waals surface area contributed by atoms with Crippen molar-refractivity contribution in [1.29, 1.82) is 0 Å². The zero-order chi connectivity index (χ0) is 19.9. The molecule has 1 aliphatic heterocycles. The Balaban J connectivity index is 0.00000300. The van der Waals surface area contributed by atoms with Crippen molar-refractivity contribution in [2.75, 3.05) is 19.7 Å².